The molecular formula is C7H15N2O. The molecule has 1 N–H and O–H groups in total. The van der Waals surface area contributed by atoms with E-state index in [0.29, 0.717) is 6.54 Å². The van der Waals surface area contributed by atoms with Gasteiger partial charge in [-0.1, -0.05) is 6.92 Å². The van der Waals surface area contributed by atoms with Crippen molar-refractivity contribution in [1.82, 2.24) is 10.6 Å². The zero-order chi connectivity index (χ0) is 7.82. The summed E-state index contributed by atoms with van der Waals surface area (Å²) in [7, 11) is 0. The van der Waals surface area contributed by atoms with Gasteiger partial charge >= 0.3 is 0 Å². The van der Waals surface area contributed by atoms with E-state index in [4.69, 9.17) is 0 Å². The lowest BCUT2D eigenvalue weighted by Crippen LogP contribution is -2.27. The molecule has 1 radical (unpaired) electrons. The summed E-state index contributed by atoms with van der Waals surface area (Å²) in [6.45, 7) is 5.92. The quantitative estimate of drug-likeness (QED) is 0.546. The van der Waals surface area contributed by atoms with Crippen LogP contribution in [0, 0.1) is 0 Å². The minimum absolute atomic E-state index is 0.0201. The smallest absolute Gasteiger partial charge is 0.216 e. The maximum absolute atomic E-state index is 10.3. The highest BCUT2D eigenvalue weighted by molar-refractivity contribution is 5.72. The molecule has 0 saturated carbocycles. The standard InChI is InChI=1S/C7H15N2O/c1-3-4-8-5-6-9-7(2)10/h3-6H2,1-2H3,(H,9,10). The summed E-state index contributed by atoms with van der Waals surface area (Å²) in [6, 6.07) is 0. The fourth-order valence-electron chi connectivity index (χ4n) is 0.581. The Morgan fingerprint density at radius 1 is 1.50 bits per heavy atom. The maximum Gasteiger partial charge on any atom is 0.216 e. The predicted octanol–water partition coefficient (Wildman–Crippen LogP) is 0.137. The van der Waals surface area contributed by atoms with E-state index >= 15 is 0 Å². The highest BCUT2D eigenvalue weighted by Gasteiger charge is 1.88. The van der Waals surface area contributed by atoms with Gasteiger partial charge in [-0.25, -0.2) is 5.32 Å². The second kappa shape index (κ2) is 6.55. The van der Waals surface area contributed by atoms with Crippen molar-refractivity contribution in [2.75, 3.05) is 19.6 Å². The molecular weight excluding hydrogens is 128 g/mol. The van der Waals surface area contributed by atoms with Gasteiger partial charge in [0.2, 0.25) is 5.91 Å². The average molecular weight is 143 g/mol. The molecule has 0 aliphatic rings. The molecule has 0 spiro atoms. The number of carbonyl (C=O) groups excluding carboxylic acids is 1. The summed E-state index contributed by atoms with van der Waals surface area (Å²) < 4.78 is 0. The Kier molecular flexibility index (Phi) is 6.18. The molecule has 0 aliphatic carbocycles. The first-order valence-electron chi connectivity index (χ1n) is 3.65. The lowest BCUT2D eigenvalue weighted by Gasteiger charge is -2.00. The largest absolute Gasteiger partial charge is 0.355 e. The van der Waals surface area contributed by atoms with Crippen molar-refractivity contribution in [3.05, 3.63) is 0 Å². The van der Waals surface area contributed by atoms with Crippen molar-refractivity contribution in [3.8, 4) is 0 Å². The van der Waals surface area contributed by atoms with Gasteiger partial charge in [0.1, 0.15) is 0 Å². The lowest BCUT2D eigenvalue weighted by molar-refractivity contribution is -0.118. The third kappa shape index (κ3) is 7.43. The molecule has 0 saturated heterocycles. The minimum atomic E-state index is 0.0201. The van der Waals surface area contributed by atoms with Crippen LogP contribution in [-0.2, 0) is 4.79 Å². The predicted molar refractivity (Wildman–Crippen MR) is 40.8 cm³/mol. The van der Waals surface area contributed by atoms with Crippen LogP contribution in [0.2, 0.25) is 0 Å². The molecule has 59 valence electrons. The van der Waals surface area contributed by atoms with E-state index in [1.54, 1.807) is 0 Å². The molecule has 0 rings (SSSR count). The molecule has 10 heavy (non-hydrogen) atoms. The Hall–Kier alpha value is -0.570. The van der Waals surface area contributed by atoms with Crippen LogP contribution in [0.15, 0.2) is 0 Å². The Bertz CT molecular complexity index is 93.6. The first-order valence-corrected chi connectivity index (χ1v) is 3.65. The van der Waals surface area contributed by atoms with E-state index in [2.05, 4.69) is 17.6 Å². The second-order valence-corrected chi connectivity index (χ2v) is 2.15. The number of amides is 1. The van der Waals surface area contributed by atoms with Gasteiger partial charge in [0.15, 0.2) is 0 Å². The van der Waals surface area contributed by atoms with E-state index in [1.807, 2.05) is 0 Å². The highest BCUT2D eigenvalue weighted by Crippen LogP contribution is 1.70. The third-order valence-corrected chi connectivity index (χ3v) is 1.03. The van der Waals surface area contributed by atoms with Gasteiger partial charge in [0, 0.05) is 26.6 Å². The summed E-state index contributed by atoms with van der Waals surface area (Å²) in [5.41, 5.74) is 0. The SMILES string of the molecule is CCC[N]CCNC(C)=O. The van der Waals surface area contributed by atoms with Gasteiger partial charge in [0.05, 0.1) is 0 Å². The van der Waals surface area contributed by atoms with Gasteiger partial charge < -0.3 is 5.32 Å². The van der Waals surface area contributed by atoms with Gasteiger partial charge in [-0.2, -0.15) is 0 Å². The van der Waals surface area contributed by atoms with E-state index < -0.39 is 0 Å². The van der Waals surface area contributed by atoms with Crippen molar-refractivity contribution < 1.29 is 4.79 Å². The Labute approximate surface area is 62.2 Å². The zero-order valence-corrected chi connectivity index (χ0v) is 6.68. The molecule has 0 aliphatic heterocycles. The summed E-state index contributed by atoms with van der Waals surface area (Å²) in [5.74, 6) is 0.0201. The van der Waals surface area contributed by atoms with Crippen LogP contribution in [0.3, 0.4) is 0 Å². The van der Waals surface area contributed by atoms with E-state index in [0.717, 1.165) is 19.5 Å². The molecule has 1 amide bonds. The van der Waals surface area contributed by atoms with Gasteiger partial charge in [-0.15, -0.1) is 0 Å². The minimum Gasteiger partial charge on any atom is -0.355 e. The van der Waals surface area contributed by atoms with Crippen LogP contribution in [0.4, 0.5) is 0 Å². The van der Waals surface area contributed by atoms with E-state index in [9.17, 15) is 4.79 Å². The van der Waals surface area contributed by atoms with Crippen molar-refractivity contribution in [1.29, 1.82) is 0 Å². The summed E-state index contributed by atoms with van der Waals surface area (Å²) in [5, 5.41) is 6.82. The molecule has 0 fully saturated rings. The number of hydrogen-bond donors (Lipinski definition) is 1. The fourth-order valence-corrected chi connectivity index (χ4v) is 0.581. The fraction of sp³-hybridized carbons (Fsp3) is 0.857. The van der Waals surface area contributed by atoms with Gasteiger partial charge in [-0.3, -0.25) is 4.79 Å². The Morgan fingerprint density at radius 3 is 2.70 bits per heavy atom. The van der Waals surface area contributed by atoms with Crippen LogP contribution in [0.25, 0.3) is 0 Å². The van der Waals surface area contributed by atoms with Crippen LogP contribution in [0.1, 0.15) is 20.3 Å². The Balaban J connectivity index is 2.84. The number of nitrogens with one attached hydrogen (secondary N) is 1. The maximum atomic E-state index is 10.3. The number of hydrogen-bond acceptors (Lipinski definition) is 1. The van der Waals surface area contributed by atoms with Crippen LogP contribution in [-0.4, -0.2) is 25.5 Å². The summed E-state index contributed by atoms with van der Waals surface area (Å²) in [6.07, 6.45) is 1.08. The molecule has 0 heterocycles. The number of nitrogens with zero attached hydrogens (tertiary/aromatic N) is 1. The third-order valence-electron chi connectivity index (χ3n) is 1.03. The van der Waals surface area contributed by atoms with Crippen molar-refractivity contribution in [3.63, 3.8) is 0 Å². The van der Waals surface area contributed by atoms with Crippen LogP contribution < -0.4 is 10.6 Å². The van der Waals surface area contributed by atoms with Crippen molar-refractivity contribution in [2.24, 2.45) is 0 Å². The normalized spacial score (nSPS) is 9.40. The molecule has 3 heteroatoms. The van der Waals surface area contributed by atoms with Crippen LogP contribution in [0.5, 0.6) is 0 Å². The first kappa shape index (κ1) is 9.43. The summed E-state index contributed by atoms with van der Waals surface area (Å²) >= 11 is 0. The Morgan fingerprint density at radius 2 is 2.20 bits per heavy atom. The zero-order valence-electron chi connectivity index (χ0n) is 6.68. The summed E-state index contributed by atoms with van der Waals surface area (Å²) in [4.78, 5) is 10.3. The molecule has 0 unspecified atom stereocenters. The van der Waals surface area contributed by atoms with E-state index in [-0.39, 0.29) is 5.91 Å². The topological polar surface area (TPSA) is 43.2 Å². The average Bonchev–Trinajstić information content (AvgIpc) is 1.87. The molecule has 0 aromatic heterocycles. The number of carbonyl (C=O) groups is 1. The first-order chi connectivity index (χ1) is 4.77. The highest BCUT2D eigenvalue weighted by atomic mass is 16.1. The molecule has 0 atom stereocenters. The van der Waals surface area contributed by atoms with Crippen molar-refractivity contribution in [2.45, 2.75) is 20.3 Å². The molecule has 3 nitrogen and oxygen atoms in total. The molecule has 0 bridgehead atoms. The van der Waals surface area contributed by atoms with Gasteiger partial charge in [0.25, 0.3) is 0 Å². The molecule has 0 aromatic carbocycles. The number of rotatable bonds is 5. The lowest BCUT2D eigenvalue weighted by atomic mass is 10.4. The second-order valence-electron chi connectivity index (χ2n) is 2.15. The van der Waals surface area contributed by atoms with E-state index in [1.165, 1.54) is 6.92 Å². The van der Waals surface area contributed by atoms with Crippen LogP contribution >= 0.6 is 0 Å². The van der Waals surface area contributed by atoms with Crippen molar-refractivity contribution >= 4 is 5.91 Å². The molecule has 0 aromatic rings. The van der Waals surface area contributed by atoms with Gasteiger partial charge in [-0.05, 0) is 6.42 Å². The monoisotopic (exact) mass is 143 g/mol.